The van der Waals surface area contributed by atoms with Gasteiger partial charge in [-0.1, -0.05) is 0 Å². The van der Waals surface area contributed by atoms with Gasteiger partial charge in [0.25, 0.3) is 0 Å². The molecule has 4 fully saturated rings. The zero-order valence-corrected chi connectivity index (χ0v) is 10.5. The van der Waals surface area contributed by atoms with E-state index in [1.54, 1.807) is 0 Å². The summed E-state index contributed by atoms with van der Waals surface area (Å²) in [6.07, 6.45) is 9.35. The van der Waals surface area contributed by atoms with E-state index in [4.69, 9.17) is 5.73 Å². The van der Waals surface area contributed by atoms with Gasteiger partial charge in [-0.2, -0.15) is 5.10 Å². The predicted octanol–water partition coefficient (Wildman–Crippen LogP) is 2.77. The summed E-state index contributed by atoms with van der Waals surface area (Å²) in [4.78, 5) is 0. The lowest BCUT2D eigenvalue weighted by Gasteiger charge is -2.54. The third-order valence-corrected chi connectivity index (χ3v) is 5.44. The molecule has 0 radical (unpaired) electrons. The maximum absolute atomic E-state index is 5.95. The molecule has 1 aromatic heterocycles. The van der Waals surface area contributed by atoms with Gasteiger partial charge in [-0.05, 0) is 62.7 Å². The molecule has 4 aliphatic carbocycles. The zero-order chi connectivity index (χ0) is 11.6. The van der Waals surface area contributed by atoms with Gasteiger partial charge in [-0.3, -0.25) is 4.68 Å². The summed E-state index contributed by atoms with van der Waals surface area (Å²) in [7, 11) is 0. The Morgan fingerprint density at radius 3 is 2.18 bits per heavy atom. The van der Waals surface area contributed by atoms with E-state index in [1.807, 2.05) is 6.92 Å². The highest BCUT2D eigenvalue weighted by Crippen LogP contribution is 2.58. The Labute approximate surface area is 102 Å². The van der Waals surface area contributed by atoms with Gasteiger partial charge in [-0.25, -0.2) is 0 Å². The highest BCUT2D eigenvalue weighted by atomic mass is 15.3. The second-order valence-electron chi connectivity index (χ2n) is 6.57. The predicted molar refractivity (Wildman–Crippen MR) is 67.5 cm³/mol. The molecule has 3 heteroatoms. The minimum absolute atomic E-state index is 0.652. The molecule has 4 aliphatic rings. The van der Waals surface area contributed by atoms with E-state index in [0.29, 0.717) is 6.04 Å². The SMILES string of the molecule is Cc1nn(C2C3CC4CC(C3)CC2C4)cc1N. The Hall–Kier alpha value is -0.990. The van der Waals surface area contributed by atoms with E-state index < -0.39 is 0 Å². The molecular formula is C14H21N3. The van der Waals surface area contributed by atoms with Gasteiger partial charge >= 0.3 is 0 Å². The highest BCUT2D eigenvalue weighted by Gasteiger charge is 2.49. The second-order valence-corrected chi connectivity index (χ2v) is 6.57. The molecule has 0 unspecified atom stereocenters. The van der Waals surface area contributed by atoms with Crippen LogP contribution in [-0.4, -0.2) is 9.78 Å². The number of anilines is 1. The number of nitrogens with zero attached hydrogens (tertiary/aromatic N) is 2. The van der Waals surface area contributed by atoms with Crippen LogP contribution in [0.5, 0.6) is 0 Å². The molecule has 0 amide bonds. The summed E-state index contributed by atoms with van der Waals surface area (Å²) in [6, 6.07) is 0.652. The molecule has 4 bridgehead atoms. The summed E-state index contributed by atoms with van der Waals surface area (Å²) >= 11 is 0. The maximum atomic E-state index is 5.95. The number of nitrogen functional groups attached to an aromatic ring is 1. The summed E-state index contributed by atoms with van der Waals surface area (Å²) in [5.41, 5.74) is 7.81. The van der Waals surface area contributed by atoms with E-state index in [2.05, 4.69) is 16.0 Å². The molecule has 0 aromatic carbocycles. The van der Waals surface area contributed by atoms with Crippen LogP contribution in [-0.2, 0) is 0 Å². The smallest absolute Gasteiger partial charge is 0.0823 e. The summed E-state index contributed by atoms with van der Waals surface area (Å²) in [5, 5.41) is 4.65. The van der Waals surface area contributed by atoms with E-state index in [1.165, 1.54) is 32.1 Å². The fraction of sp³-hybridized carbons (Fsp3) is 0.786. The van der Waals surface area contributed by atoms with Gasteiger partial charge in [0.15, 0.2) is 0 Å². The molecule has 92 valence electrons. The monoisotopic (exact) mass is 231 g/mol. The number of aromatic nitrogens is 2. The second kappa shape index (κ2) is 3.27. The van der Waals surface area contributed by atoms with Crippen LogP contribution < -0.4 is 5.73 Å². The third-order valence-electron chi connectivity index (χ3n) is 5.44. The molecular weight excluding hydrogens is 210 g/mol. The average Bonchev–Trinajstić information content (AvgIpc) is 2.57. The molecule has 5 rings (SSSR count). The fourth-order valence-electron chi connectivity index (χ4n) is 4.98. The van der Waals surface area contributed by atoms with Crippen molar-refractivity contribution >= 4 is 5.69 Å². The molecule has 1 aromatic rings. The molecule has 3 nitrogen and oxygen atoms in total. The van der Waals surface area contributed by atoms with Crippen LogP contribution >= 0.6 is 0 Å². The molecule has 0 atom stereocenters. The average molecular weight is 231 g/mol. The first-order valence-electron chi connectivity index (χ1n) is 7.02. The molecule has 2 N–H and O–H groups in total. The van der Waals surface area contributed by atoms with E-state index in [0.717, 1.165) is 35.1 Å². The van der Waals surface area contributed by atoms with Crippen LogP contribution in [0.15, 0.2) is 6.20 Å². The first-order chi connectivity index (χ1) is 8.20. The summed E-state index contributed by atoms with van der Waals surface area (Å²) in [5.74, 6) is 3.82. The zero-order valence-electron chi connectivity index (χ0n) is 10.5. The van der Waals surface area contributed by atoms with Crippen molar-refractivity contribution in [2.75, 3.05) is 5.73 Å². The topological polar surface area (TPSA) is 43.8 Å². The Balaban J connectivity index is 1.70. The van der Waals surface area contributed by atoms with Gasteiger partial charge < -0.3 is 5.73 Å². The quantitative estimate of drug-likeness (QED) is 0.807. The lowest BCUT2D eigenvalue weighted by atomic mass is 9.54. The van der Waals surface area contributed by atoms with E-state index in [-0.39, 0.29) is 0 Å². The Morgan fingerprint density at radius 1 is 1.12 bits per heavy atom. The van der Waals surface area contributed by atoms with Crippen molar-refractivity contribution in [1.29, 1.82) is 0 Å². The molecule has 0 aliphatic heterocycles. The van der Waals surface area contributed by atoms with Crippen molar-refractivity contribution in [3.63, 3.8) is 0 Å². The number of rotatable bonds is 1. The van der Waals surface area contributed by atoms with Crippen LogP contribution in [0.2, 0.25) is 0 Å². The molecule has 4 saturated carbocycles. The minimum Gasteiger partial charge on any atom is -0.396 e. The maximum Gasteiger partial charge on any atom is 0.0823 e. The van der Waals surface area contributed by atoms with Gasteiger partial charge in [-0.15, -0.1) is 0 Å². The van der Waals surface area contributed by atoms with Crippen LogP contribution in [0, 0.1) is 30.6 Å². The number of nitrogens with two attached hydrogens (primary N) is 1. The van der Waals surface area contributed by atoms with E-state index >= 15 is 0 Å². The third kappa shape index (κ3) is 1.37. The number of hydrogen-bond donors (Lipinski definition) is 1. The Kier molecular flexibility index (Phi) is 1.92. The normalized spacial score (nSPS) is 43.2. The van der Waals surface area contributed by atoms with Gasteiger partial charge in [0, 0.05) is 6.20 Å². The van der Waals surface area contributed by atoms with Crippen LogP contribution in [0.1, 0.15) is 43.8 Å². The molecule has 17 heavy (non-hydrogen) atoms. The van der Waals surface area contributed by atoms with Crippen molar-refractivity contribution in [2.45, 2.75) is 45.1 Å². The number of hydrogen-bond acceptors (Lipinski definition) is 2. The lowest BCUT2D eigenvalue weighted by molar-refractivity contribution is -0.0337. The van der Waals surface area contributed by atoms with Gasteiger partial charge in [0.2, 0.25) is 0 Å². The lowest BCUT2D eigenvalue weighted by Crippen LogP contribution is -2.46. The standard InChI is InChI=1S/C14H21N3/c1-8-13(15)7-17(16-8)14-11-3-9-2-10(5-11)6-12(14)4-9/h7,9-12,14H,2-6,15H2,1H3. The van der Waals surface area contributed by atoms with Crippen LogP contribution in [0.25, 0.3) is 0 Å². The van der Waals surface area contributed by atoms with Crippen LogP contribution in [0.4, 0.5) is 5.69 Å². The van der Waals surface area contributed by atoms with Crippen molar-refractivity contribution in [1.82, 2.24) is 9.78 Å². The first kappa shape index (κ1) is 9.98. The Bertz CT molecular complexity index is 401. The van der Waals surface area contributed by atoms with Crippen LogP contribution in [0.3, 0.4) is 0 Å². The Morgan fingerprint density at radius 2 is 1.71 bits per heavy atom. The van der Waals surface area contributed by atoms with Crippen molar-refractivity contribution < 1.29 is 0 Å². The van der Waals surface area contributed by atoms with Gasteiger partial charge in [0.05, 0.1) is 17.4 Å². The fourth-order valence-corrected chi connectivity index (χ4v) is 4.98. The molecule has 0 saturated heterocycles. The van der Waals surface area contributed by atoms with Crippen molar-refractivity contribution in [3.05, 3.63) is 11.9 Å². The summed E-state index contributed by atoms with van der Waals surface area (Å²) < 4.78 is 2.21. The van der Waals surface area contributed by atoms with Crippen molar-refractivity contribution in [2.24, 2.45) is 23.7 Å². The number of aryl methyl sites for hydroxylation is 1. The molecule has 1 heterocycles. The van der Waals surface area contributed by atoms with E-state index in [9.17, 15) is 0 Å². The molecule has 0 spiro atoms. The minimum atomic E-state index is 0.652. The first-order valence-corrected chi connectivity index (χ1v) is 7.02. The summed E-state index contributed by atoms with van der Waals surface area (Å²) in [6.45, 7) is 2.02. The van der Waals surface area contributed by atoms with Gasteiger partial charge in [0.1, 0.15) is 0 Å². The highest BCUT2D eigenvalue weighted by molar-refractivity contribution is 5.39. The van der Waals surface area contributed by atoms with Crippen molar-refractivity contribution in [3.8, 4) is 0 Å². The largest absolute Gasteiger partial charge is 0.396 e.